The zero-order valence-electron chi connectivity index (χ0n) is 4.85. The van der Waals surface area contributed by atoms with E-state index in [-0.39, 0.29) is 36.2 Å². The Kier molecular flexibility index (Phi) is 15.5. The first-order valence-corrected chi connectivity index (χ1v) is 2.22. The van der Waals surface area contributed by atoms with Crippen LogP contribution >= 0.6 is 0 Å². The van der Waals surface area contributed by atoms with E-state index in [1.54, 1.807) is 0 Å². The van der Waals surface area contributed by atoms with Crippen LogP contribution in [-0.2, 0) is 0 Å². The maximum absolute atomic E-state index is 8.14. The minimum absolute atomic E-state index is 0. The quantitative estimate of drug-likeness (QED) is 0.376. The van der Waals surface area contributed by atoms with Crippen molar-refractivity contribution in [2.75, 3.05) is 13.2 Å². The second kappa shape index (κ2) is 10.0. The Morgan fingerprint density at radius 2 is 1.86 bits per heavy atom. The van der Waals surface area contributed by atoms with E-state index in [0.717, 1.165) is 12.8 Å². The average Bonchev–Trinajstić information content (AvgIpc) is 1.61. The molecule has 7 heavy (non-hydrogen) atoms. The molecule has 0 saturated heterocycles. The molecule has 39 valence electrons. The van der Waals surface area contributed by atoms with Crippen molar-refractivity contribution in [1.82, 2.24) is 0 Å². The van der Waals surface area contributed by atoms with Gasteiger partial charge in [0, 0.05) is 36.2 Å². The Labute approximate surface area is 66.4 Å². The number of hydrogen-bond acceptors (Lipinski definition) is 2. The molecule has 2 nitrogen and oxygen atoms in total. The molecule has 0 rings (SSSR count). The number of nitrogens with two attached hydrogens (primary N) is 1. The van der Waals surface area contributed by atoms with E-state index in [9.17, 15) is 0 Å². The fourth-order valence-electron chi connectivity index (χ4n) is 0.256. The predicted molar refractivity (Wildman–Crippen MR) is 31.1 cm³/mol. The van der Waals surface area contributed by atoms with Crippen molar-refractivity contribution in [1.29, 1.82) is 0 Å². The number of unbranched alkanes of at least 4 members (excludes halogenated alkanes) is 1. The van der Waals surface area contributed by atoms with Gasteiger partial charge in [0.05, 0.1) is 0 Å². The summed E-state index contributed by atoms with van der Waals surface area (Å²) in [6.07, 6.45) is 1.78. The Bertz CT molecular complexity index is 23.7. The van der Waals surface area contributed by atoms with Crippen LogP contribution in [0.15, 0.2) is 0 Å². The second-order valence-corrected chi connectivity index (χ2v) is 1.22. The molecule has 0 aromatic carbocycles. The Morgan fingerprint density at radius 1 is 1.29 bits per heavy atom. The molecule has 0 aromatic heterocycles. The fourth-order valence-corrected chi connectivity index (χ4v) is 0.256. The fraction of sp³-hybridized carbons (Fsp3) is 1.00. The summed E-state index contributed by atoms with van der Waals surface area (Å²) in [5, 5.41) is 8.14. The van der Waals surface area contributed by atoms with Gasteiger partial charge in [0.1, 0.15) is 0 Å². The molecule has 0 amide bonds. The number of aliphatic hydroxyl groups excluding tert-OH is 1. The van der Waals surface area contributed by atoms with Crippen molar-refractivity contribution in [2.45, 2.75) is 12.8 Å². The van der Waals surface area contributed by atoms with Crippen LogP contribution in [0.25, 0.3) is 0 Å². The van der Waals surface area contributed by atoms with Gasteiger partial charge in [-0.15, -0.1) is 0 Å². The van der Waals surface area contributed by atoms with Crippen molar-refractivity contribution < 1.29 is 5.11 Å². The zero-order valence-corrected chi connectivity index (χ0v) is 6.85. The largest absolute Gasteiger partial charge is 0.396 e. The monoisotopic (exact) mass is 112 g/mol. The first-order valence-electron chi connectivity index (χ1n) is 2.22. The van der Waals surface area contributed by atoms with Crippen LogP contribution in [0.3, 0.4) is 0 Å². The number of rotatable bonds is 3. The Hall–Kier alpha value is 0.920. The first-order chi connectivity index (χ1) is 2.91. The van der Waals surface area contributed by atoms with Crippen LogP contribution in [-0.4, -0.2) is 47.8 Å². The molecule has 0 aliphatic rings. The van der Waals surface area contributed by atoms with E-state index in [1.165, 1.54) is 0 Å². The average molecular weight is 112 g/mol. The van der Waals surface area contributed by atoms with Crippen molar-refractivity contribution >= 4 is 29.6 Å². The summed E-state index contributed by atoms with van der Waals surface area (Å²) in [5.41, 5.74) is 5.10. The third-order valence-electron chi connectivity index (χ3n) is 0.612. The molecule has 0 aromatic rings. The van der Waals surface area contributed by atoms with Crippen molar-refractivity contribution in [2.24, 2.45) is 5.73 Å². The van der Waals surface area contributed by atoms with Crippen LogP contribution < -0.4 is 5.73 Å². The standard InChI is InChI=1S/C4H11NO.Na/c5-3-1-2-4-6;/h6H,1-5H2;. The van der Waals surface area contributed by atoms with Crippen LogP contribution in [0.5, 0.6) is 0 Å². The van der Waals surface area contributed by atoms with E-state index in [1.807, 2.05) is 0 Å². The van der Waals surface area contributed by atoms with Gasteiger partial charge < -0.3 is 10.8 Å². The molecule has 0 atom stereocenters. The Balaban J connectivity index is 0. The predicted octanol–water partition coefficient (Wildman–Crippen LogP) is -0.663. The molecule has 0 unspecified atom stereocenters. The minimum Gasteiger partial charge on any atom is -0.396 e. The summed E-state index contributed by atoms with van der Waals surface area (Å²) in [4.78, 5) is 0. The molecule has 0 saturated carbocycles. The summed E-state index contributed by atoms with van der Waals surface area (Å²) in [7, 11) is 0. The van der Waals surface area contributed by atoms with Crippen molar-refractivity contribution in [3.63, 3.8) is 0 Å². The molecular weight excluding hydrogens is 101 g/mol. The number of hydrogen-bond donors (Lipinski definition) is 2. The van der Waals surface area contributed by atoms with E-state index in [2.05, 4.69) is 0 Å². The SMILES string of the molecule is NCCCCO.[Na]. The summed E-state index contributed by atoms with van der Waals surface area (Å²) in [6, 6.07) is 0. The van der Waals surface area contributed by atoms with Crippen LogP contribution in [0, 0.1) is 0 Å². The van der Waals surface area contributed by atoms with Gasteiger partial charge in [0.2, 0.25) is 0 Å². The number of aliphatic hydroxyl groups is 1. The van der Waals surface area contributed by atoms with Gasteiger partial charge in [0.25, 0.3) is 0 Å². The topological polar surface area (TPSA) is 46.2 Å². The first kappa shape index (κ1) is 10.8. The van der Waals surface area contributed by atoms with Crippen LogP contribution in [0.2, 0.25) is 0 Å². The maximum Gasteiger partial charge on any atom is 0.0431 e. The normalized spacial score (nSPS) is 7.71. The van der Waals surface area contributed by atoms with Gasteiger partial charge in [-0.2, -0.15) is 0 Å². The summed E-state index contributed by atoms with van der Waals surface area (Å²) < 4.78 is 0. The summed E-state index contributed by atoms with van der Waals surface area (Å²) in [5.74, 6) is 0. The van der Waals surface area contributed by atoms with E-state index < -0.39 is 0 Å². The van der Waals surface area contributed by atoms with Crippen LogP contribution in [0.1, 0.15) is 12.8 Å². The van der Waals surface area contributed by atoms with Crippen molar-refractivity contribution in [3.8, 4) is 0 Å². The molecule has 0 fully saturated rings. The molecular formula is C4H11NNaO. The molecule has 0 heterocycles. The molecule has 3 N–H and O–H groups in total. The van der Waals surface area contributed by atoms with Gasteiger partial charge in [-0.1, -0.05) is 0 Å². The summed E-state index contributed by atoms with van der Waals surface area (Å²) in [6.45, 7) is 0.970. The van der Waals surface area contributed by atoms with E-state index >= 15 is 0 Å². The van der Waals surface area contributed by atoms with Gasteiger partial charge >= 0.3 is 0 Å². The van der Waals surface area contributed by atoms with Gasteiger partial charge in [-0.05, 0) is 19.4 Å². The zero-order chi connectivity index (χ0) is 4.83. The maximum atomic E-state index is 8.14. The summed E-state index contributed by atoms with van der Waals surface area (Å²) >= 11 is 0. The van der Waals surface area contributed by atoms with Crippen molar-refractivity contribution in [3.05, 3.63) is 0 Å². The molecule has 1 radical (unpaired) electrons. The second-order valence-electron chi connectivity index (χ2n) is 1.22. The minimum atomic E-state index is 0. The van der Waals surface area contributed by atoms with Crippen LogP contribution in [0.4, 0.5) is 0 Å². The third kappa shape index (κ3) is 10.9. The van der Waals surface area contributed by atoms with Gasteiger partial charge in [-0.3, -0.25) is 0 Å². The van der Waals surface area contributed by atoms with Gasteiger partial charge in [0.15, 0.2) is 0 Å². The van der Waals surface area contributed by atoms with Gasteiger partial charge in [-0.25, -0.2) is 0 Å². The molecule has 0 spiro atoms. The third-order valence-corrected chi connectivity index (χ3v) is 0.612. The molecule has 3 heteroatoms. The molecule has 0 aliphatic heterocycles. The van der Waals surface area contributed by atoms with E-state index in [4.69, 9.17) is 10.8 Å². The molecule has 0 aliphatic carbocycles. The van der Waals surface area contributed by atoms with E-state index in [0.29, 0.717) is 6.54 Å². The molecule has 0 bridgehead atoms. The smallest absolute Gasteiger partial charge is 0.0431 e. The Morgan fingerprint density at radius 3 is 2.00 bits per heavy atom.